The Labute approximate surface area is 163 Å². The fourth-order valence-corrected chi connectivity index (χ4v) is 2.19. The van der Waals surface area contributed by atoms with E-state index in [2.05, 4.69) is 5.32 Å². The third-order valence-electron chi connectivity index (χ3n) is 3.62. The summed E-state index contributed by atoms with van der Waals surface area (Å²) in [6.45, 7) is 3.65. The topological polar surface area (TPSA) is 97.7 Å². The molecule has 0 heterocycles. The Morgan fingerprint density at radius 3 is 2.32 bits per heavy atom. The van der Waals surface area contributed by atoms with Crippen LogP contribution in [0.4, 0.5) is 5.69 Å². The number of nitriles is 1. The molecule has 146 valence electrons. The van der Waals surface area contributed by atoms with E-state index in [1.807, 2.05) is 19.1 Å². The van der Waals surface area contributed by atoms with Crippen molar-refractivity contribution in [3.8, 4) is 17.6 Å². The average Bonchev–Trinajstić information content (AvgIpc) is 2.71. The molecule has 0 radical (unpaired) electrons. The van der Waals surface area contributed by atoms with Crippen molar-refractivity contribution in [3.05, 3.63) is 54.1 Å². The number of amides is 1. The molecular formula is C21H22N2O5. The molecule has 0 aromatic heterocycles. The second kappa shape index (κ2) is 10.6. The van der Waals surface area contributed by atoms with Crippen molar-refractivity contribution >= 4 is 17.6 Å². The van der Waals surface area contributed by atoms with Crippen LogP contribution >= 0.6 is 0 Å². The van der Waals surface area contributed by atoms with Crippen LogP contribution in [0, 0.1) is 11.3 Å². The zero-order chi connectivity index (χ0) is 20.4. The molecule has 2 aromatic rings. The van der Waals surface area contributed by atoms with Crippen molar-refractivity contribution in [2.75, 3.05) is 18.5 Å². The van der Waals surface area contributed by atoms with Gasteiger partial charge in [-0.05, 0) is 49.7 Å². The molecule has 0 fully saturated rings. The number of anilines is 1. The fraction of sp³-hybridized carbons (Fsp3) is 0.286. The molecule has 1 N–H and O–H groups in total. The summed E-state index contributed by atoms with van der Waals surface area (Å²) in [7, 11) is 0. The molecule has 1 amide bonds. The lowest BCUT2D eigenvalue weighted by atomic mass is 10.2. The highest BCUT2D eigenvalue weighted by Gasteiger charge is 2.19. The summed E-state index contributed by atoms with van der Waals surface area (Å²) in [5.41, 5.74) is 0.989. The molecule has 7 nitrogen and oxygen atoms in total. The van der Waals surface area contributed by atoms with Crippen LogP contribution in [0.5, 0.6) is 11.5 Å². The van der Waals surface area contributed by atoms with Gasteiger partial charge in [-0.25, -0.2) is 4.79 Å². The van der Waals surface area contributed by atoms with Crippen LogP contribution < -0.4 is 14.8 Å². The average molecular weight is 382 g/mol. The Hall–Kier alpha value is -3.53. The predicted molar refractivity (Wildman–Crippen MR) is 103 cm³/mol. The van der Waals surface area contributed by atoms with Gasteiger partial charge in [0.2, 0.25) is 0 Å². The number of hydrogen-bond donors (Lipinski definition) is 1. The smallest absolute Gasteiger partial charge is 0.344 e. The fourth-order valence-electron chi connectivity index (χ4n) is 2.19. The zero-order valence-corrected chi connectivity index (χ0v) is 15.8. The quantitative estimate of drug-likeness (QED) is 0.668. The number of esters is 1. The lowest BCUT2D eigenvalue weighted by molar-refractivity contribution is -0.155. The van der Waals surface area contributed by atoms with Gasteiger partial charge < -0.3 is 19.5 Å². The minimum absolute atomic E-state index is 0.346. The first-order valence-corrected chi connectivity index (χ1v) is 8.88. The molecule has 0 aliphatic rings. The van der Waals surface area contributed by atoms with E-state index in [0.29, 0.717) is 29.4 Å². The summed E-state index contributed by atoms with van der Waals surface area (Å²) in [5, 5.41) is 11.4. The van der Waals surface area contributed by atoms with Crippen LogP contribution in [0.25, 0.3) is 0 Å². The van der Waals surface area contributed by atoms with Crippen LogP contribution in [0.15, 0.2) is 48.5 Å². The van der Waals surface area contributed by atoms with E-state index in [-0.39, 0.29) is 6.61 Å². The van der Waals surface area contributed by atoms with Crippen molar-refractivity contribution in [3.63, 3.8) is 0 Å². The van der Waals surface area contributed by atoms with E-state index in [4.69, 9.17) is 19.5 Å². The molecule has 28 heavy (non-hydrogen) atoms. The van der Waals surface area contributed by atoms with Gasteiger partial charge in [0.15, 0.2) is 24.2 Å². The number of ether oxygens (including phenoxy) is 3. The lowest BCUT2D eigenvalue weighted by Crippen LogP contribution is -2.31. The highest BCUT2D eigenvalue weighted by atomic mass is 16.6. The van der Waals surface area contributed by atoms with E-state index in [1.54, 1.807) is 42.5 Å². The van der Waals surface area contributed by atoms with Gasteiger partial charge in [-0.1, -0.05) is 19.1 Å². The molecule has 0 saturated heterocycles. The van der Waals surface area contributed by atoms with Crippen molar-refractivity contribution in [1.82, 2.24) is 0 Å². The maximum atomic E-state index is 12.1. The van der Waals surface area contributed by atoms with E-state index in [9.17, 15) is 9.59 Å². The minimum Gasteiger partial charge on any atom is -0.490 e. The summed E-state index contributed by atoms with van der Waals surface area (Å²) in [4.78, 5) is 24.1. The van der Waals surface area contributed by atoms with Crippen LogP contribution in [-0.4, -0.2) is 31.2 Å². The van der Waals surface area contributed by atoms with Crippen molar-refractivity contribution < 1.29 is 23.8 Å². The molecule has 7 heteroatoms. The zero-order valence-electron chi connectivity index (χ0n) is 15.8. The van der Waals surface area contributed by atoms with Crippen LogP contribution in [0.3, 0.4) is 0 Å². The third kappa shape index (κ3) is 6.32. The molecule has 0 aliphatic heterocycles. The van der Waals surface area contributed by atoms with Crippen LogP contribution in [0.2, 0.25) is 0 Å². The van der Waals surface area contributed by atoms with Gasteiger partial charge in [0, 0.05) is 5.69 Å². The highest BCUT2D eigenvalue weighted by Crippen LogP contribution is 2.26. The van der Waals surface area contributed by atoms with Crippen molar-refractivity contribution in [2.24, 2.45) is 0 Å². The summed E-state index contributed by atoms with van der Waals surface area (Å²) in [6.07, 6.45) is -0.152. The van der Waals surface area contributed by atoms with Gasteiger partial charge >= 0.3 is 5.97 Å². The maximum Gasteiger partial charge on any atom is 0.344 e. The molecular weight excluding hydrogens is 360 g/mol. The standard InChI is InChI=1S/C21H22N2O5/c1-3-12-26-18-6-4-5-7-19(18)27-14-20(24)28-15(2)21(25)23-17-10-8-16(13-22)9-11-17/h4-11,15H,3,12,14H2,1-2H3,(H,23,25)/t15-/m1/s1. The molecule has 0 bridgehead atoms. The molecule has 2 aromatic carbocycles. The first-order chi connectivity index (χ1) is 13.5. The number of benzene rings is 2. The summed E-state index contributed by atoms with van der Waals surface area (Å²) in [6, 6.07) is 15.4. The van der Waals surface area contributed by atoms with Gasteiger partial charge in [-0.2, -0.15) is 5.26 Å². The first-order valence-electron chi connectivity index (χ1n) is 8.88. The number of carbonyl (C=O) groups is 2. The van der Waals surface area contributed by atoms with E-state index in [1.165, 1.54) is 6.92 Å². The van der Waals surface area contributed by atoms with E-state index in [0.717, 1.165) is 6.42 Å². The predicted octanol–water partition coefficient (Wildman–Crippen LogP) is 3.30. The van der Waals surface area contributed by atoms with Crippen molar-refractivity contribution in [1.29, 1.82) is 5.26 Å². The van der Waals surface area contributed by atoms with Gasteiger partial charge in [0.05, 0.1) is 18.2 Å². The summed E-state index contributed by atoms with van der Waals surface area (Å²) < 4.78 is 16.1. The number of nitrogens with one attached hydrogen (secondary N) is 1. The monoisotopic (exact) mass is 382 g/mol. The van der Waals surface area contributed by atoms with Gasteiger partial charge in [0.1, 0.15) is 0 Å². The van der Waals surface area contributed by atoms with Gasteiger partial charge in [-0.3, -0.25) is 4.79 Å². The Morgan fingerprint density at radius 1 is 1.07 bits per heavy atom. The summed E-state index contributed by atoms with van der Waals surface area (Å²) >= 11 is 0. The molecule has 2 rings (SSSR count). The Morgan fingerprint density at radius 2 is 1.71 bits per heavy atom. The molecule has 0 saturated carbocycles. The van der Waals surface area contributed by atoms with E-state index >= 15 is 0 Å². The molecule has 0 aliphatic carbocycles. The second-order valence-corrected chi connectivity index (χ2v) is 5.89. The summed E-state index contributed by atoms with van der Waals surface area (Å²) in [5.74, 6) is -0.177. The normalized spacial score (nSPS) is 11.0. The number of para-hydroxylation sites is 2. The van der Waals surface area contributed by atoms with Gasteiger partial charge in [-0.15, -0.1) is 0 Å². The lowest BCUT2D eigenvalue weighted by Gasteiger charge is -2.15. The first kappa shape index (κ1) is 20.8. The van der Waals surface area contributed by atoms with Crippen molar-refractivity contribution in [2.45, 2.75) is 26.4 Å². The maximum absolute atomic E-state index is 12.1. The van der Waals surface area contributed by atoms with Gasteiger partial charge in [0.25, 0.3) is 5.91 Å². The van der Waals surface area contributed by atoms with E-state index < -0.39 is 18.0 Å². The second-order valence-electron chi connectivity index (χ2n) is 5.89. The minimum atomic E-state index is -1.00. The number of hydrogen-bond acceptors (Lipinski definition) is 6. The molecule has 1 atom stereocenters. The number of rotatable bonds is 9. The Bertz CT molecular complexity index is 843. The largest absolute Gasteiger partial charge is 0.490 e. The SMILES string of the molecule is CCCOc1ccccc1OCC(=O)O[C@H](C)C(=O)Nc1ccc(C#N)cc1. The highest BCUT2D eigenvalue weighted by molar-refractivity contribution is 5.95. The molecule has 0 spiro atoms. The van der Waals surface area contributed by atoms with Crippen LogP contribution in [0.1, 0.15) is 25.8 Å². The van der Waals surface area contributed by atoms with Crippen LogP contribution in [-0.2, 0) is 14.3 Å². The number of nitrogens with zero attached hydrogens (tertiary/aromatic N) is 1. The Kier molecular flexibility index (Phi) is 7.85. The molecule has 0 unspecified atom stereocenters. The Balaban J connectivity index is 1.83. The number of carbonyl (C=O) groups excluding carboxylic acids is 2. The third-order valence-corrected chi connectivity index (χ3v) is 3.62.